The molecule has 2 aliphatic heterocycles. The molecule has 222 valence electrons. The largest absolute Gasteiger partial charge is 0.496 e. The molecule has 2 heterocycles. The van der Waals surface area contributed by atoms with Crippen molar-refractivity contribution in [1.82, 2.24) is 15.1 Å². The first-order chi connectivity index (χ1) is 19.8. The number of hydrogen-bond acceptors (Lipinski definition) is 9. The van der Waals surface area contributed by atoms with E-state index in [1.54, 1.807) is 31.4 Å². The molecule has 4 rings (SSSR count). The molecule has 0 radical (unpaired) electrons. The van der Waals surface area contributed by atoms with Gasteiger partial charge in [-0.15, -0.1) is 0 Å². The minimum absolute atomic E-state index is 0.155. The lowest BCUT2D eigenvalue weighted by Gasteiger charge is -2.37. The van der Waals surface area contributed by atoms with E-state index in [1.807, 2.05) is 4.90 Å². The minimum atomic E-state index is -0.374. The average molecular weight is 588 g/mol. The zero-order valence-corrected chi connectivity index (χ0v) is 24.2. The van der Waals surface area contributed by atoms with E-state index >= 15 is 0 Å². The molecule has 2 aliphatic rings. The Morgan fingerprint density at radius 1 is 1.05 bits per heavy atom. The van der Waals surface area contributed by atoms with Gasteiger partial charge >= 0.3 is 5.97 Å². The SMILES string of the molecule is COc1cc(N)c(Cl)cc1C(=O)N[C@@H]1CCN(CC(=O)Nc2ccc(C(=O)OCCN3CCCC3)cc2)C[C@@H]1OC. The number of benzene rings is 2. The van der Waals surface area contributed by atoms with Crippen LogP contribution in [0.2, 0.25) is 5.02 Å². The molecule has 0 spiro atoms. The van der Waals surface area contributed by atoms with Crippen molar-refractivity contribution in [3.8, 4) is 5.75 Å². The fraction of sp³-hybridized carbons (Fsp3) is 0.483. The number of methoxy groups -OCH3 is 2. The molecule has 41 heavy (non-hydrogen) atoms. The number of amides is 2. The second kappa shape index (κ2) is 14.5. The lowest BCUT2D eigenvalue weighted by molar-refractivity contribution is -0.118. The van der Waals surface area contributed by atoms with Gasteiger partial charge in [-0.25, -0.2) is 4.79 Å². The van der Waals surface area contributed by atoms with Crippen LogP contribution in [0.25, 0.3) is 0 Å². The number of halogens is 1. The number of nitrogen functional groups attached to an aromatic ring is 1. The Hall–Kier alpha value is -3.38. The van der Waals surface area contributed by atoms with Crippen molar-refractivity contribution in [2.24, 2.45) is 0 Å². The van der Waals surface area contributed by atoms with Crippen molar-refractivity contribution >= 4 is 40.8 Å². The topological polar surface area (TPSA) is 135 Å². The Morgan fingerprint density at radius 3 is 2.46 bits per heavy atom. The van der Waals surface area contributed by atoms with Crippen LogP contribution < -0.4 is 21.1 Å². The molecule has 2 fully saturated rings. The number of nitrogens with two attached hydrogens (primary N) is 1. The number of rotatable bonds is 11. The van der Waals surface area contributed by atoms with Crippen molar-refractivity contribution in [2.45, 2.75) is 31.4 Å². The van der Waals surface area contributed by atoms with Crippen LogP contribution in [-0.2, 0) is 14.3 Å². The van der Waals surface area contributed by atoms with Gasteiger partial charge in [0.1, 0.15) is 12.4 Å². The van der Waals surface area contributed by atoms with Crippen LogP contribution in [0.3, 0.4) is 0 Å². The van der Waals surface area contributed by atoms with Gasteiger partial charge in [0.05, 0.1) is 47.6 Å². The van der Waals surface area contributed by atoms with E-state index in [2.05, 4.69) is 15.5 Å². The van der Waals surface area contributed by atoms with Crippen LogP contribution in [-0.4, -0.2) is 99.8 Å². The number of nitrogens with one attached hydrogen (secondary N) is 2. The summed E-state index contributed by atoms with van der Waals surface area (Å²) in [6, 6.07) is 9.40. The summed E-state index contributed by atoms with van der Waals surface area (Å²) in [5, 5.41) is 6.14. The van der Waals surface area contributed by atoms with Crippen LogP contribution in [0, 0.1) is 0 Å². The van der Waals surface area contributed by atoms with Gasteiger partial charge < -0.3 is 30.6 Å². The summed E-state index contributed by atoms with van der Waals surface area (Å²) in [7, 11) is 3.04. The zero-order valence-electron chi connectivity index (χ0n) is 23.5. The van der Waals surface area contributed by atoms with E-state index in [9.17, 15) is 14.4 Å². The lowest BCUT2D eigenvalue weighted by atomic mass is 10.0. The molecule has 2 atom stereocenters. The summed E-state index contributed by atoms with van der Waals surface area (Å²) in [5.74, 6) is -0.582. The van der Waals surface area contributed by atoms with Gasteiger partial charge in [0.2, 0.25) is 5.91 Å². The van der Waals surface area contributed by atoms with E-state index in [-0.39, 0.29) is 47.1 Å². The van der Waals surface area contributed by atoms with Gasteiger partial charge in [0, 0.05) is 38.5 Å². The first kappa shape index (κ1) is 30.6. The first-order valence-electron chi connectivity index (χ1n) is 13.8. The fourth-order valence-corrected chi connectivity index (χ4v) is 5.30. The van der Waals surface area contributed by atoms with Gasteiger partial charge in [-0.2, -0.15) is 0 Å². The van der Waals surface area contributed by atoms with E-state index in [0.29, 0.717) is 48.8 Å². The molecule has 0 aliphatic carbocycles. The summed E-state index contributed by atoms with van der Waals surface area (Å²) in [4.78, 5) is 42.3. The maximum absolute atomic E-state index is 13.0. The predicted octanol–water partition coefficient (Wildman–Crippen LogP) is 2.64. The molecule has 2 amide bonds. The Balaban J connectivity index is 1.23. The maximum Gasteiger partial charge on any atom is 0.338 e. The van der Waals surface area contributed by atoms with Gasteiger partial charge in [-0.3, -0.25) is 19.4 Å². The molecular formula is C29H38ClN5O6. The van der Waals surface area contributed by atoms with Crippen molar-refractivity contribution in [3.05, 3.63) is 52.5 Å². The number of hydrogen-bond donors (Lipinski definition) is 3. The smallest absolute Gasteiger partial charge is 0.338 e. The molecule has 11 nitrogen and oxygen atoms in total. The summed E-state index contributed by atoms with van der Waals surface area (Å²) in [5.41, 5.74) is 7.46. The molecule has 2 aromatic rings. The van der Waals surface area contributed by atoms with Crippen LogP contribution in [0.5, 0.6) is 5.75 Å². The van der Waals surface area contributed by atoms with Crippen molar-refractivity contribution in [1.29, 1.82) is 0 Å². The molecular weight excluding hydrogens is 550 g/mol. The molecule has 0 unspecified atom stereocenters. The van der Waals surface area contributed by atoms with E-state index in [0.717, 1.165) is 19.6 Å². The molecule has 2 saturated heterocycles. The molecule has 0 bridgehead atoms. The second-order valence-corrected chi connectivity index (χ2v) is 10.7. The number of esters is 1. The molecule has 0 saturated carbocycles. The zero-order chi connectivity index (χ0) is 29.4. The van der Waals surface area contributed by atoms with Crippen LogP contribution in [0.4, 0.5) is 11.4 Å². The quantitative estimate of drug-likeness (QED) is 0.268. The Kier molecular flexibility index (Phi) is 10.8. The summed E-state index contributed by atoms with van der Waals surface area (Å²) >= 11 is 6.12. The predicted molar refractivity (Wildman–Crippen MR) is 157 cm³/mol. The maximum atomic E-state index is 13.0. The minimum Gasteiger partial charge on any atom is -0.496 e. The molecule has 0 aromatic heterocycles. The monoisotopic (exact) mass is 587 g/mol. The Labute approximate surface area is 245 Å². The second-order valence-electron chi connectivity index (χ2n) is 10.3. The third kappa shape index (κ3) is 8.32. The molecule has 2 aromatic carbocycles. The normalized spacial score (nSPS) is 19.5. The van der Waals surface area contributed by atoms with E-state index in [4.69, 9.17) is 31.5 Å². The first-order valence-corrected chi connectivity index (χ1v) is 14.1. The number of ether oxygens (including phenoxy) is 3. The van der Waals surface area contributed by atoms with Crippen LogP contribution >= 0.6 is 11.6 Å². The van der Waals surface area contributed by atoms with Gasteiger partial charge in [-0.05, 0) is 62.7 Å². The van der Waals surface area contributed by atoms with Crippen LogP contribution in [0.1, 0.15) is 40.0 Å². The number of likely N-dealkylation sites (tertiary alicyclic amines) is 2. The standard InChI is InChI=1S/C29H38ClN5O6/c1-39-25-16-23(31)22(30)15-21(25)28(37)33-24-9-12-35(17-26(24)40-2)18-27(36)32-20-7-5-19(6-8-20)29(38)41-14-13-34-10-3-4-11-34/h5-8,15-16,24,26H,3-4,9-14,17-18,31H2,1-2H3,(H,32,36)(H,33,37)/t24-,26+/m1/s1. The number of anilines is 2. The van der Waals surface area contributed by atoms with Crippen molar-refractivity contribution < 1.29 is 28.6 Å². The van der Waals surface area contributed by atoms with Gasteiger partial charge in [0.25, 0.3) is 5.91 Å². The van der Waals surface area contributed by atoms with Crippen molar-refractivity contribution in [3.63, 3.8) is 0 Å². The summed E-state index contributed by atoms with van der Waals surface area (Å²) < 4.78 is 16.3. The van der Waals surface area contributed by atoms with Gasteiger partial charge in [0.15, 0.2) is 0 Å². The third-order valence-electron chi connectivity index (χ3n) is 7.44. The van der Waals surface area contributed by atoms with E-state index < -0.39 is 0 Å². The molecule has 4 N–H and O–H groups in total. The van der Waals surface area contributed by atoms with Gasteiger partial charge in [-0.1, -0.05) is 11.6 Å². The number of carbonyl (C=O) groups excluding carboxylic acids is 3. The highest BCUT2D eigenvalue weighted by molar-refractivity contribution is 6.33. The Morgan fingerprint density at radius 2 is 1.78 bits per heavy atom. The van der Waals surface area contributed by atoms with E-state index in [1.165, 1.54) is 32.1 Å². The molecule has 12 heteroatoms. The number of nitrogens with zero attached hydrogens (tertiary/aromatic N) is 2. The van der Waals surface area contributed by atoms with Crippen molar-refractivity contribution in [2.75, 3.05) is 71.1 Å². The van der Waals surface area contributed by atoms with Crippen LogP contribution in [0.15, 0.2) is 36.4 Å². The lowest BCUT2D eigenvalue weighted by Crippen LogP contribution is -2.55. The average Bonchev–Trinajstić information content (AvgIpc) is 3.48. The number of piperidine rings is 1. The number of carbonyl (C=O) groups is 3. The highest BCUT2D eigenvalue weighted by Crippen LogP contribution is 2.29. The third-order valence-corrected chi connectivity index (χ3v) is 7.76. The summed E-state index contributed by atoms with van der Waals surface area (Å²) in [6.07, 6.45) is 2.65. The highest BCUT2D eigenvalue weighted by atomic mass is 35.5. The summed E-state index contributed by atoms with van der Waals surface area (Å²) in [6.45, 7) is 4.42. The highest BCUT2D eigenvalue weighted by Gasteiger charge is 2.32. The Bertz CT molecular complexity index is 1220. The fourth-order valence-electron chi connectivity index (χ4n) is 5.14.